The Balaban J connectivity index is 1.27. The normalized spacial score (nSPS) is 25.4. The van der Waals surface area contributed by atoms with Crippen molar-refractivity contribution in [3.63, 3.8) is 0 Å². The van der Waals surface area contributed by atoms with Crippen LogP contribution in [-0.2, 0) is 15.9 Å². The lowest BCUT2D eigenvalue weighted by atomic mass is 9.95. The number of methoxy groups -OCH3 is 1. The van der Waals surface area contributed by atoms with Gasteiger partial charge >= 0.3 is 0 Å². The maximum atomic E-state index is 6.42. The molecule has 1 aromatic carbocycles. The van der Waals surface area contributed by atoms with Gasteiger partial charge in [-0.3, -0.25) is 0 Å². The summed E-state index contributed by atoms with van der Waals surface area (Å²) in [6.07, 6.45) is 6.40. The van der Waals surface area contributed by atoms with E-state index in [0.29, 0.717) is 22.6 Å². The Morgan fingerprint density at radius 3 is 2.83 bits per heavy atom. The molecule has 4 atom stereocenters. The number of aryl methyl sites for hydroxylation is 1. The number of fused-ring (bicyclic) bond motifs is 3. The van der Waals surface area contributed by atoms with Crippen LogP contribution in [0.5, 0.6) is 5.88 Å². The Labute approximate surface area is 208 Å². The molecule has 0 radical (unpaired) electrons. The van der Waals surface area contributed by atoms with Gasteiger partial charge in [0.05, 0.1) is 35.2 Å². The van der Waals surface area contributed by atoms with Crippen LogP contribution in [0.25, 0.3) is 21.9 Å². The van der Waals surface area contributed by atoms with Crippen molar-refractivity contribution in [3.05, 3.63) is 53.4 Å². The molecule has 0 amide bonds. The van der Waals surface area contributed by atoms with E-state index in [1.807, 2.05) is 26.0 Å². The van der Waals surface area contributed by atoms with Crippen molar-refractivity contribution >= 4 is 39.4 Å². The first kappa shape index (κ1) is 22.5. The van der Waals surface area contributed by atoms with Crippen LogP contribution in [0.2, 0.25) is 5.02 Å². The summed E-state index contributed by atoms with van der Waals surface area (Å²) in [6.45, 7) is 3.98. The van der Waals surface area contributed by atoms with Gasteiger partial charge in [0.15, 0.2) is 5.79 Å². The van der Waals surface area contributed by atoms with Gasteiger partial charge < -0.3 is 24.5 Å². The Morgan fingerprint density at radius 2 is 2.00 bits per heavy atom. The first-order chi connectivity index (χ1) is 16.8. The summed E-state index contributed by atoms with van der Waals surface area (Å²) in [5.41, 5.74) is 8.85. The second kappa shape index (κ2) is 8.33. The van der Waals surface area contributed by atoms with Crippen LogP contribution < -0.4 is 10.5 Å². The molecule has 1 saturated heterocycles. The number of nitrogen functional groups attached to an aromatic ring is 1. The third kappa shape index (κ3) is 3.90. The molecule has 0 unspecified atom stereocenters. The maximum Gasteiger partial charge on any atom is 0.225 e. The van der Waals surface area contributed by atoms with Gasteiger partial charge in [-0.15, -0.1) is 0 Å². The fourth-order valence-electron chi connectivity index (χ4n) is 5.70. The standard InChI is InChI=1S/C26H28ClN5O3/c1-26(2)34-21-16(7-5-14-4-6-15-11-18(27)23(28)31-19(15)10-14)12-20(22(21)35-26)32-9-8-17-24(32)29-13-30-25(17)33-3/h4,6,8-11,13,16,20-22H,5,7,12H2,1-3H3,(H2,28,31)/t16-,20+,21+,22-/m0/s1. The molecule has 1 aliphatic carbocycles. The van der Waals surface area contributed by atoms with Gasteiger partial charge in [0.2, 0.25) is 5.88 Å². The monoisotopic (exact) mass is 493 g/mol. The van der Waals surface area contributed by atoms with E-state index in [9.17, 15) is 0 Å². The lowest BCUT2D eigenvalue weighted by molar-refractivity contribution is -0.160. The van der Waals surface area contributed by atoms with Gasteiger partial charge in [-0.05, 0) is 62.8 Å². The summed E-state index contributed by atoms with van der Waals surface area (Å²) in [5.74, 6) is 0.657. The number of ether oxygens (including phenoxy) is 3. The Kier molecular flexibility index (Phi) is 5.36. The molecular weight excluding hydrogens is 466 g/mol. The Hall–Kier alpha value is -2.94. The SMILES string of the molecule is COc1ncnc2c1ccn2[C@@H]1C[C@H](CCc2ccc3cc(Cl)c(N)nc3c2)[C@H]2OC(C)(C)O[C@H]21. The number of rotatable bonds is 5. The summed E-state index contributed by atoms with van der Waals surface area (Å²) >= 11 is 6.13. The summed E-state index contributed by atoms with van der Waals surface area (Å²) < 4.78 is 20.5. The number of hydrogen-bond donors (Lipinski definition) is 1. The summed E-state index contributed by atoms with van der Waals surface area (Å²) in [6, 6.07) is 10.3. The topological polar surface area (TPSA) is 97.3 Å². The van der Waals surface area contributed by atoms with Gasteiger partial charge in [0, 0.05) is 11.6 Å². The van der Waals surface area contributed by atoms with Gasteiger partial charge in [0.25, 0.3) is 0 Å². The molecule has 1 saturated carbocycles. The molecule has 182 valence electrons. The molecule has 1 aliphatic heterocycles. The van der Waals surface area contributed by atoms with Crippen molar-refractivity contribution in [2.45, 2.75) is 57.1 Å². The lowest BCUT2D eigenvalue weighted by Crippen LogP contribution is -2.27. The van der Waals surface area contributed by atoms with E-state index in [1.165, 1.54) is 5.56 Å². The van der Waals surface area contributed by atoms with Crippen LogP contribution in [0, 0.1) is 5.92 Å². The van der Waals surface area contributed by atoms with Crippen molar-refractivity contribution in [1.29, 1.82) is 0 Å². The molecule has 9 heteroatoms. The van der Waals surface area contributed by atoms with E-state index < -0.39 is 5.79 Å². The van der Waals surface area contributed by atoms with Crippen molar-refractivity contribution < 1.29 is 14.2 Å². The van der Waals surface area contributed by atoms with E-state index >= 15 is 0 Å². The van der Waals surface area contributed by atoms with E-state index in [-0.39, 0.29) is 18.2 Å². The van der Waals surface area contributed by atoms with E-state index in [0.717, 1.165) is 41.2 Å². The fourth-order valence-corrected chi connectivity index (χ4v) is 5.86. The van der Waals surface area contributed by atoms with Crippen LogP contribution in [-0.4, -0.2) is 44.6 Å². The zero-order valence-corrected chi connectivity index (χ0v) is 20.7. The van der Waals surface area contributed by atoms with Crippen LogP contribution in [0.15, 0.2) is 42.9 Å². The smallest absolute Gasteiger partial charge is 0.225 e. The highest BCUT2D eigenvalue weighted by Crippen LogP contribution is 2.49. The molecule has 2 N–H and O–H groups in total. The molecule has 4 heterocycles. The first-order valence-electron chi connectivity index (χ1n) is 11.9. The number of aromatic nitrogens is 4. The molecule has 8 nitrogen and oxygen atoms in total. The molecule has 4 aromatic rings. The number of hydrogen-bond acceptors (Lipinski definition) is 7. The van der Waals surface area contributed by atoms with E-state index in [2.05, 4.69) is 43.9 Å². The lowest BCUT2D eigenvalue weighted by Gasteiger charge is -2.24. The number of pyridine rings is 1. The van der Waals surface area contributed by atoms with Gasteiger partial charge in [0.1, 0.15) is 23.9 Å². The predicted octanol–water partition coefficient (Wildman–Crippen LogP) is 4.94. The number of nitrogens with zero attached hydrogens (tertiary/aromatic N) is 4. The third-order valence-electron chi connectivity index (χ3n) is 7.24. The van der Waals surface area contributed by atoms with Gasteiger partial charge in [-0.1, -0.05) is 23.7 Å². The number of anilines is 1. The molecule has 2 fully saturated rings. The maximum absolute atomic E-state index is 6.42. The van der Waals surface area contributed by atoms with Gasteiger partial charge in [-0.25, -0.2) is 15.0 Å². The Morgan fingerprint density at radius 1 is 1.17 bits per heavy atom. The minimum absolute atomic E-state index is 0.0178. The summed E-state index contributed by atoms with van der Waals surface area (Å²) in [7, 11) is 1.63. The zero-order chi connectivity index (χ0) is 24.3. The van der Waals surface area contributed by atoms with Crippen molar-refractivity contribution in [3.8, 4) is 5.88 Å². The van der Waals surface area contributed by atoms with Crippen molar-refractivity contribution in [2.75, 3.05) is 12.8 Å². The predicted molar refractivity (Wildman–Crippen MR) is 135 cm³/mol. The number of nitrogens with two attached hydrogens (primary N) is 1. The Bertz CT molecular complexity index is 1420. The number of halogens is 1. The second-order valence-corrected chi connectivity index (χ2v) is 10.3. The first-order valence-corrected chi connectivity index (χ1v) is 12.3. The minimum atomic E-state index is -0.619. The van der Waals surface area contributed by atoms with E-state index in [4.69, 9.17) is 31.5 Å². The minimum Gasteiger partial charge on any atom is -0.480 e. The average Bonchev–Trinajstić information content (AvgIpc) is 3.49. The molecule has 35 heavy (non-hydrogen) atoms. The molecule has 3 aromatic heterocycles. The molecule has 0 bridgehead atoms. The van der Waals surface area contributed by atoms with Crippen molar-refractivity contribution in [1.82, 2.24) is 19.5 Å². The van der Waals surface area contributed by atoms with E-state index in [1.54, 1.807) is 13.4 Å². The van der Waals surface area contributed by atoms with Crippen LogP contribution in [0.3, 0.4) is 0 Å². The second-order valence-electron chi connectivity index (χ2n) is 9.89. The third-order valence-corrected chi connectivity index (χ3v) is 7.54. The van der Waals surface area contributed by atoms with Gasteiger partial charge in [-0.2, -0.15) is 0 Å². The summed E-state index contributed by atoms with van der Waals surface area (Å²) in [5, 5.41) is 2.37. The molecule has 2 aliphatic rings. The zero-order valence-electron chi connectivity index (χ0n) is 19.9. The largest absolute Gasteiger partial charge is 0.480 e. The molecular formula is C26H28ClN5O3. The molecule has 6 rings (SSSR count). The average molecular weight is 494 g/mol. The number of benzene rings is 1. The van der Waals surface area contributed by atoms with Crippen LogP contribution >= 0.6 is 11.6 Å². The quantitative estimate of drug-likeness (QED) is 0.420. The highest BCUT2D eigenvalue weighted by atomic mass is 35.5. The van der Waals surface area contributed by atoms with Crippen LogP contribution in [0.1, 0.15) is 38.3 Å². The summed E-state index contributed by atoms with van der Waals surface area (Å²) in [4.78, 5) is 13.2. The highest BCUT2D eigenvalue weighted by Gasteiger charge is 2.54. The van der Waals surface area contributed by atoms with Crippen molar-refractivity contribution in [2.24, 2.45) is 5.92 Å². The molecule has 0 spiro atoms. The fraction of sp³-hybridized carbons (Fsp3) is 0.423. The van der Waals surface area contributed by atoms with Crippen LogP contribution in [0.4, 0.5) is 5.82 Å². The highest BCUT2D eigenvalue weighted by molar-refractivity contribution is 6.33.